The Labute approximate surface area is 245 Å². The van der Waals surface area contributed by atoms with Crippen molar-refractivity contribution < 1.29 is 14.4 Å². The normalized spacial score (nSPS) is 10.8. The Hall–Kier alpha value is -3.96. The highest BCUT2D eigenvalue weighted by atomic mass is 32.2. The first-order valence-electron chi connectivity index (χ1n) is 12.5. The van der Waals surface area contributed by atoms with E-state index in [0.717, 1.165) is 46.1 Å². The van der Waals surface area contributed by atoms with E-state index in [9.17, 15) is 9.59 Å². The lowest BCUT2D eigenvalue weighted by Gasteiger charge is -2.05. The molecule has 0 unspecified atom stereocenters. The number of carbonyl (C=O) groups excluding carboxylic acids is 3. The Morgan fingerprint density at radius 2 is 1.98 bits per heavy atom. The first kappa shape index (κ1) is 34.1. The maximum Gasteiger partial charge on any atom is 0.253 e. The van der Waals surface area contributed by atoms with Gasteiger partial charge in [0.15, 0.2) is 5.13 Å². The molecule has 1 amide bonds. The number of amides is 1. The Morgan fingerprint density at radius 1 is 1.23 bits per heavy atom. The van der Waals surface area contributed by atoms with Crippen LogP contribution in [0.2, 0.25) is 0 Å². The second-order valence-electron chi connectivity index (χ2n) is 7.78. The highest BCUT2D eigenvalue weighted by Crippen LogP contribution is 2.27. The molecule has 2 aromatic heterocycles. The van der Waals surface area contributed by atoms with E-state index >= 15 is 0 Å². The summed E-state index contributed by atoms with van der Waals surface area (Å²) in [5.74, 6) is -0.215. The van der Waals surface area contributed by atoms with Crippen LogP contribution in [0.25, 0.3) is 16.8 Å². The largest absolute Gasteiger partial charge is 0.391 e. The molecular weight excluding hydrogens is 544 g/mol. The molecule has 11 heteroatoms. The third-order valence-corrected chi connectivity index (χ3v) is 6.62. The van der Waals surface area contributed by atoms with Gasteiger partial charge in [0.1, 0.15) is 12.6 Å². The quantitative estimate of drug-likeness (QED) is 0.163. The van der Waals surface area contributed by atoms with Gasteiger partial charge < -0.3 is 25.5 Å². The molecular formula is C29H38N6O3S2. The van der Waals surface area contributed by atoms with E-state index in [2.05, 4.69) is 68.6 Å². The standard InChI is InChI=1S/C18H22N4S.C9H12N2O2S.C2H4O/c1-4-21-11-9-14(8-10-19-2)15-6-5-7-16(12-15)17-13-23-18(20-3)22-17;1-7-5-8(6-11(7)14-2)9(13)10-3-4-12;1-2-3/h5-13,21H,4H2,1-3H3,(H,20,22);4-6H,3H2,1-2H3,(H,10,13);2H,1H3/b11-9+,14-8+,19-10?;;. The summed E-state index contributed by atoms with van der Waals surface area (Å²) in [7, 11) is 3.66. The third-order valence-electron chi connectivity index (χ3n) is 4.97. The highest BCUT2D eigenvalue weighted by molar-refractivity contribution is 7.97. The van der Waals surface area contributed by atoms with Gasteiger partial charge in [0.2, 0.25) is 0 Å². The van der Waals surface area contributed by atoms with Crippen LogP contribution in [-0.2, 0) is 9.59 Å². The number of allylic oxidation sites excluding steroid dienone is 3. The third kappa shape index (κ3) is 11.8. The van der Waals surface area contributed by atoms with E-state index in [1.165, 1.54) is 18.9 Å². The number of aromatic nitrogens is 2. The molecule has 3 N–H and O–H groups in total. The first-order valence-corrected chi connectivity index (χ1v) is 14.6. The van der Waals surface area contributed by atoms with Gasteiger partial charge in [-0.2, -0.15) is 0 Å². The van der Waals surface area contributed by atoms with E-state index in [4.69, 9.17) is 4.79 Å². The van der Waals surface area contributed by atoms with Crippen LogP contribution >= 0.6 is 23.3 Å². The van der Waals surface area contributed by atoms with Crippen molar-refractivity contribution >= 4 is 58.7 Å². The number of thiazole rings is 1. The van der Waals surface area contributed by atoms with E-state index in [1.54, 1.807) is 36.9 Å². The molecule has 40 heavy (non-hydrogen) atoms. The van der Waals surface area contributed by atoms with Gasteiger partial charge in [0, 0.05) is 55.9 Å². The second-order valence-corrected chi connectivity index (χ2v) is 9.40. The zero-order valence-corrected chi connectivity index (χ0v) is 25.4. The Kier molecular flexibility index (Phi) is 17.0. The minimum atomic E-state index is -0.215. The number of aryl methyl sites for hydroxylation is 1. The summed E-state index contributed by atoms with van der Waals surface area (Å²) in [4.78, 5) is 38.9. The number of nitrogens with one attached hydrogen (secondary N) is 3. The minimum Gasteiger partial charge on any atom is -0.391 e. The lowest BCUT2D eigenvalue weighted by Crippen LogP contribution is -2.24. The average molecular weight is 583 g/mol. The van der Waals surface area contributed by atoms with Crippen LogP contribution in [0.15, 0.2) is 65.3 Å². The smallest absolute Gasteiger partial charge is 0.253 e. The summed E-state index contributed by atoms with van der Waals surface area (Å²) >= 11 is 3.13. The van der Waals surface area contributed by atoms with Crippen LogP contribution in [0.1, 0.15) is 35.5 Å². The SMILES string of the molecule is CC=O.CCN/C=C/C(=C\C=NC)c1cccc(-c2csc(NC)n2)c1.CSn1cc(C(=O)NCC=O)cc1C. The molecule has 214 valence electrons. The number of hydrogen-bond acceptors (Lipinski definition) is 9. The van der Waals surface area contributed by atoms with Gasteiger partial charge in [-0.15, -0.1) is 11.3 Å². The fraction of sp³-hybridized carbons (Fsp3) is 0.276. The molecule has 0 saturated carbocycles. The molecule has 0 aliphatic heterocycles. The summed E-state index contributed by atoms with van der Waals surface area (Å²) in [6, 6.07) is 10.2. The Morgan fingerprint density at radius 3 is 2.55 bits per heavy atom. The van der Waals surface area contributed by atoms with Gasteiger partial charge in [-0.05, 0) is 74.3 Å². The van der Waals surface area contributed by atoms with Gasteiger partial charge in [0.25, 0.3) is 5.91 Å². The molecule has 0 bridgehead atoms. The van der Waals surface area contributed by atoms with Crippen LogP contribution in [-0.4, -0.2) is 67.1 Å². The summed E-state index contributed by atoms with van der Waals surface area (Å²) in [6.07, 6.45) is 12.9. The number of carbonyl (C=O) groups is 3. The molecule has 1 aromatic carbocycles. The number of benzene rings is 1. The van der Waals surface area contributed by atoms with Crippen LogP contribution in [0.5, 0.6) is 0 Å². The van der Waals surface area contributed by atoms with Gasteiger partial charge in [-0.3, -0.25) is 13.8 Å². The maximum absolute atomic E-state index is 11.4. The van der Waals surface area contributed by atoms with Crippen LogP contribution in [0.4, 0.5) is 5.13 Å². The molecule has 0 spiro atoms. The zero-order chi connectivity index (χ0) is 29.8. The van der Waals surface area contributed by atoms with Crippen molar-refractivity contribution in [3.8, 4) is 11.3 Å². The number of rotatable bonds is 11. The molecule has 0 aliphatic carbocycles. The molecule has 9 nitrogen and oxygen atoms in total. The van der Waals surface area contributed by atoms with Gasteiger partial charge in [0.05, 0.1) is 17.8 Å². The number of hydrogen-bond donors (Lipinski definition) is 3. The van der Waals surface area contributed by atoms with Crippen molar-refractivity contribution in [2.75, 3.05) is 38.8 Å². The lowest BCUT2D eigenvalue weighted by atomic mass is 10.0. The fourth-order valence-electron chi connectivity index (χ4n) is 3.16. The number of anilines is 1. The molecule has 3 aromatic rings. The van der Waals surface area contributed by atoms with Gasteiger partial charge in [-0.25, -0.2) is 4.98 Å². The molecule has 0 aliphatic rings. The van der Waals surface area contributed by atoms with Crippen molar-refractivity contribution in [3.63, 3.8) is 0 Å². The van der Waals surface area contributed by atoms with Crippen LogP contribution in [0, 0.1) is 6.92 Å². The number of aldehydes is 2. The molecule has 0 atom stereocenters. The summed E-state index contributed by atoms with van der Waals surface area (Å²) < 4.78 is 1.90. The first-order chi connectivity index (χ1) is 19.4. The molecule has 0 fully saturated rings. The Bertz CT molecular complexity index is 1290. The summed E-state index contributed by atoms with van der Waals surface area (Å²) in [5.41, 5.74) is 5.92. The van der Waals surface area contributed by atoms with Gasteiger partial charge in [-0.1, -0.05) is 18.2 Å². The van der Waals surface area contributed by atoms with Crippen molar-refractivity contribution in [1.82, 2.24) is 19.6 Å². The van der Waals surface area contributed by atoms with Crippen LogP contribution < -0.4 is 16.0 Å². The molecule has 0 saturated heterocycles. The summed E-state index contributed by atoms with van der Waals surface area (Å²) in [5, 5.41) is 11.7. The molecule has 2 heterocycles. The van der Waals surface area contributed by atoms with Gasteiger partial charge >= 0.3 is 0 Å². The molecule has 3 rings (SSSR count). The second kappa shape index (κ2) is 20.0. The van der Waals surface area contributed by atoms with E-state index in [0.29, 0.717) is 11.8 Å². The van der Waals surface area contributed by atoms with Crippen molar-refractivity contribution in [3.05, 3.63) is 77.1 Å². The van der Waals surface area contributed by atoms with Crippen molar-refractivity contribution in [2.24, 2.45) is 4.99 Å². The molecule has 0 radical (unpaired) electrons. The Balaban J connectivity index is 0.000000401. The van der Waals surface area contributed by atoms with Crippen molar-refractivity contribution in [2.45, 2.75) is 20.8 Å². The summed E-state index contributed by atoms with van der Waals surface area (Å²) in [6.45, 7) is 6.40. The highest BCUT2D eigenvalue weighted by Gasteiger charge is 2.09. The topological polar surface area (TPSA) is 117 Å². The lowest BCUT2D eigenvalue weighted by molar-refractivity contribution is -0.107. The zero-order valence-electron chi connectivity index (χ0n) is 23.8. The van der Waals surface area contributed by atoms with E-state index in [1.807, 2.05) is 36.5 Å². The fourth-order valence-corrected chi connectivity index (χ4v) is 4.40. The number of nitrogens with zero attached hydrogens (tertiary/aromatic N) is 3. The maximum atomic E-state index is 11.4. The monoisotopic (exact) mass is 582 g/mol. The predicted octanol–water partition coefficient (Wildman–Crippen LogP) is 5.12. The minimum absolute atomic E-state index is 0.0579. The predicted molar refractivity (Wildman–Crippen MR) is 171 cm³/mol. The average Bonchev–Trinajstić information content (AvgIpc) is 3.61. The van der Waals surface area contributed by atoms with Crippen molar-refractivity contribution in [1.29, 1.82) is 0 Å². The van der Waals surface area contributed by atoms with Crippen LogP contribution in [0.3, 0.4) is 0 Å². The number of aliphatic imine (C=N–C) groups is 1. The van der Waals surface area contributed by atoms with E-state index < -0.39 is 0 Å². The van der Waals surface area contributed by atoms with E-state index in [-0.39, 0.29) is 12.5 Å².